The van der Waals surface area contributed by atoms with E-state index >= 15 is 0 Å². The Kier molecular flexibility index (Phi) is 10.6. The van der Waals surface area contributed by atoms with Crippen molar-refractivity contribution in [3.8, 4) is 0 Å². The van der Waals surface area contributed by atoms with Gasteiger partial charge in [0.1, 0.15) is 0 Å². The average molecular weight is 189 g/mol. The van der Waals surface area contributed by atoms with Gasteiger partial charge in [-0.3, -0.25) is 0 Å². The zero-order chi connectivity index (χ0) is 9.36. The van der Waals surface area contributed by atoms with Crippen molar-refractivity contribution < 1.29 is 0 Å². The predicted molar refractivity (Wildman–Crippen MR) is 66.8 cm³/mol. The van der Waals surface area contributed by atoms with Crippen LogP contribution < -0.4 is 0 Å². The summed E-state index contributed by atoms with van der Waals surface area (Å²) in [5, 5.41) is 0. The molecule has 0 aromatic heterocycles. The van der Waals surface area contributed by atoms with Crippen LogP contribution in [-0.4, -0.2) is 18.9 Å². The van der Waals surface area contributed by atoms with Gasteiger partial charge >= 0.3 is 18.9 Å². The van der Waals surface area contributed by atoms with Crippen LogP contribution in [0.15, 0.2) is 0 Å². The Morgan fingerprint density at radius 1 is 1.00 bits per heavy atom. The van der Waals surface area contributed by atoms with E-state index in [2.05, 4.69) is 13.3 Å². The molecule has 1 rings (SSSR count). The van der Waals surface area contributed by atoms with Crippen LogP contribution in [0.1, 0.15) is 71.1 Å². The van der Waals surface area contributed by atoms with Crippen molar-refractivity contribution in [1.82, 2.24) is 0 Å². The number of hydrogen-bond donors (Lipinski definition) is 0. The molecule has 0 nitrogen and oxygen atoms in total. The molecule has 0 atom stereocenters. The molecule has 1 saturated carbocycles. The first kappa shape index (κ1) is 14.6. The van der Waals surface area contributed by atoms with Gasteiger partial charge in [0, 0.05) is 0 Å². The summed E-state index contributed by atoms with van der Waals surface area (Å²) in [5.74, 6) is 1.08. The van der Waals surface area contributed by atoms with E-state index in [1.165, 1.54) is 64.2 Å². The minimum absolute atomic E-state index is 0. The van der Waals surface area contributed by atoms with Crippen LogP contribution in [0.3, 0.4) is 0 Å². The summed E-state index contributed by atoms with van der Waals surface area (Å²) in [6.07, 6.45) is 17.0. The van der Waals surface area contributed by atoms with Crippen LogP contribution in [0.4, 0.5) is 0 Å². The molecule has 0 unspecified atom stereocenters. The van der Waals surface area contributed by atoms with E-state index in [1.807, 2.05) is 0 Å². The quantitative estimate of drug-likeness (QED) is 0.436. The molecule has 14 heavy (non-hydrogen) atoms. The third-order valence-electron chi connectivity index (χ3n) is 3.27. The Labute approximate surface area is 102 Å². The molecule has 0 aromatic rings. The molecule has 0 spiro atoms. The van der Waals surface area contributed by atoms with Crippen LogP contribution >= 0.6 is 0 Å². The van der Waals surface area contributed by atoms with Crippen molar-refractivity contribution in [3.63, 3.8) is 0 Å². The summed E-state index contributed by atoms with van der Waals surface area (Å²) in [7, 11) is 0. The second-order valence-electron chi connectivity index (χ2n) is 4.51. The molecule has 79 valence electrons. The monoisotopic (exact) mass is 189 g/mol. The molecule has 0 aromatic carbocycles. The number of hydrogen-bond acceptors (Lipinski definition) is 0. The summed E-state index contributed by atoms with van der Waals surface area (Å²) in [4.78, 5) is 0. The van der Waals surface area contributed by atoms with Crippen molar-refractivity contribution in [3.05, 3.63) is 6.42 Å². The normalized spacial score (nSPS) is 17.8. The maximum atomic E-state index is 2.47. The zero-order valence-corrected chi connectivity index (χ0v) is 9.23. The molecule has 0 saturated heterocycles. The summed E-state index contributed by atoms with van der Waals surface area (Å²) < 4.78 is 0. The van der Waals surface area contributed by atoms with E-state index in [4.69, 9.17) is 0 Å². The van der Waals surface area contributed by atoms with E-state index < -0.39 is 0 Å². The first-order valence-electron chi connectivity index (χ1n) is 6.25. The standard InChI is InChI=1S/C13H25.Li.H/c1-2-3-4-5-7-10-13-11-8-6-9-12-13;;/h6,13H,2-5,7-12H2,1H3;;. The molecule has 1 radical (unpaired) electrons. The molecule has 0 bridgehead atoms. The van der Waals surface area contributed by atoms with E-state index in [-0.39, 0.29) is 18.9 Å². The number of rotatable bonds is 6. The van der Waals surface area contributed by atoms with Gasteiger partial charge < -0.3 is 0 Å². The fourth-order valence-corrected chi connectivity index (χ4v) is 2.32. The summed E-state index contributed by atoms with van der Waals surface area (Å²) in [6, 6.07) is 0. The fourth-order valence-electron chi connectivity index (χ4n) is 2.32. The minimum atomic E-state index is 0. The van der Waals surface area contributed by atoms with E-state index in [0.717, 1.165) is 5.92 Å². The molecular weight excluding hydrogens is 163 g/mol. The molecule has 0 N–H and O–H groups in total. The van der Waals surface area contributed by atoms with Gasteiger partial charge in [-0.2, -0.15) is 0 Å². The second-order valence-corrected chi connectivity index (χ2v) is 4.51. The van der Waals surface area contributed by atoms with Crippen LogP contribution in [0, 0.1) is 12.3 Å². The topological polar surface area (TPSA) is 0 Å². The zero-order valence-electron chi connectivity index (χ0n) is 9.23. The SMILES string of the molecule is CCCCCCCC1CC[CH]CC1.[LiH]. The van der Waals surface area contributed by atoms with E-state index in [0.29, 0.717) is 0 Å². The predicted octanol–water partition coefficient (Wildman–Crippen LogP) is 4.09. The van der Waals surface area contributed by atoms with Crippen LogP contribution in [0.5, 0.6) is 0 Å². The second kappa shape index (κ2) is 10.1. The third kappa shape index (κ3) is 6.96. The van der Waals surface area contributed by atoms with Gasteiger partial charge in [-0.1, -0.05) is 58.3 Å². The Hall–Kier alpha value is 0.597. The molecule has 1 fully saturated rings. The van der Waals surface area contributed by atoms with Crippen LogP contribution in [0.2, 0.25) is 0 Å². The van der Waals surface area contributed by atoms with E-state index in [1.54, 1.807) is 0 Å². The van der Waals surface area contributed by atoms with E-state index in [9.17, 15) is 0 Å². The van der Waals surface area contributed by atoms with Crippen molar-refractivity contribution >= 4 is 18.9 Å². The van der Waals surface area contributed by atoms with Crippen molar-refractivity contribution in [1.29, 1.82) is 0 Å². The van der Waals surface area contributed by atoms with Gasteiger partial charge in [-0.15, -0.1) is 0 Å². The van der Waals surface area contributed by atoms with Gasteiger partial charge in [0.25, 0.3) is 0 Å². The summed E-state index contributed by atoms with van der Waals surface area (Å²) in [5.41, 5.74) is 0. The first-order chi connectivity index (χ1) is 6.43. The van der Waals surface area contributed by atoms with Crippen molar-refractivity contribution in [2.45, 2.75) is 71.1 Å². The van der Waals surface area contributed by atoms with Crippen molar-refractivity contribution in [2.75, 3.05) is 0 Å². The molecule has 0 amide bonds. The molecular formula is C13H26Li. The molecule has 0 aliphatic heterocycles. The van der Waals surface area contributed by atoms with Crippen LogP contribution in [0.25, 0.3) is 0 Å². The fraction of sp³-hybridized carbons (Fsp3) is 0.923. The Morgan fingerprint density at radius 2 is 1.64 bits per heavy atom. The molecule has 0 heterocycles. The Morgan fingerprint density at radius 3 is 2.29 bits per heavy atom. The third-order valence-corrected chi connectivity index (χ3v) is 3.27. The molecule has 1 heteroatoms. The Balaban J connectivity index is 0.00000169. The Bertz CT molecular complexity index is 106. The average Bonchev–Trinajstić information content (AvgIpc) is 2.19. The maximum absolute atomic E-state index is 2.47. The molecule has 1 aliphatic carbocycles. The van der Waals surface area contributed by atoms with Gasteiger partial charge in [0.15, 0.2) is 0 Å². The van der Waals surface area contributed by atoms with Crippen molar-refractivity contribution in [2.24, 2.45) is 5.92 Å². The number of unbranched alkanes of at least 4 members (excludes halogenated alkanes) is 4. The summed E-state index contributed by atoms with van der Waals surface area (Å²) in [6.45, 7) is 2.29. The first-order valence-corrected chi connectivity index (χ1v) is 6.25. The van der Waals surface area contributed by atoms with Gasteiger partial charge in [0.05, 0.1) is 0 Å². The van der Waals surface area contributed by atoms with Crippen LogP contribution in [-0.2, 0) is 0 Å². The van der Waals surface area contributed by atoms with Gasteiger partial charge in [-0.05, 0) is 25.2 Å². The van der Waals surface area contributed by atoms with Gasteiger partial charge in [0.2, 0.25) is 0 Å². The summed E-state index contributed by atoms with van der Waals surface area (Å²) >= 11 is 0. The molecule has 1 aliphatic rings. The van der Waals surface area contributed by atoms with Gasteiger partial charge in [-0.25, -0.2) is 0 Å².